The highest BCUT2D eigenvalue weighted by molar-refractivity contribution is 6.33. The van der Waals surface area contributed by atoms with Crippen LogP contribution in [-0.2, 0) is 4.79 Å². The Kier molecular flexibility index (Phi) is 5.37. The molecule has 0 radical (unpaired) electrons. The molecule has 24 heavy (non-hydrogen) atoms. The third-order valence-corrected chi connectivity index (χ3v) is 4.81. The number of piperidine rings is 1. The molecule has 0 saturated carbocycles. The smallest absolute Gasteiger partial charge is 0.254 e. The second kappa shape index (κ2) is 7.67. The topological polar surface area (TPSA) is 20.3 Å². The van der Waals surface area contributed by atoms with Crippen LogP contribution in [0, 0.1) is 5.92 Å². The van der Waals surface area contributed by atoms with Crippen molar-refractivity contribution in [2.24, 2.45) is 5.92 Å². The van der Waals surface area contributed by atoms with Gasteiger partial charge < -0.3 is 4.90 Å². The fourth-order valence-electron chi connectivity index (χ4n) is 3.18. The van der Waals surface area contributed by atoms with Crippen molar-refractivity contribution >= 4 is 29.2 Å². The first-order valence-corrected chi connectivity index (χ1v) is 8.84. The third-order valence-electron chi connectivity index (χ3n) is 4.46. The highest BCUT2D eigenvalue weighted by atomic mass is 35.5. The zero-order valence-electron chi connectivity index (χ0n) is 13.9. The minimum Gasteiger partial charge on any atom is -0.338 e. The molecule has 0 aromatic heterocycles. The minimum atomic E-state index is 0.0904. The molecule has 1 heterocycles. The van der Waals surface area contributed by atoms with Crippen LogP contribution in [0.15, 0.2) is 54.6 Å². The molecule has 124 valence electrons. The van der Waals surface area contributed by atoms with Gasteiger partial charge in [-0.25, -0.2) is 0 Å². The van der Waals surface area contributed by atoms with Gasteiger partial charge in [-0.1, -0.05) is 67.1 Å². The first kappa shape index (κ1) is 16.8. The number of likely N-dealkylation sites (tertiary alicyclic amines) is 1. The fraction of sp³-hybridized carbons (Fsp3) is 0.286. The van der Waals surface area contributed by atoms with Crippen molar-refractivity contribution in [3.8, 4) is 0 Å². The van der Waals surface area contributed by atoms with Gasteiger partial charge in [0.2, 0.25) is 0 Å². The second-order valence-electron chi connectivity index (χ2n) is 6.44. The van der Waals surface area contributed by atoms with Gasteiger partial charge in [-0.15, -0.1) is 0 Å². The Morgan fingerprint density at radius 2 is 1.83 bits per heavy atom. The summed E-state index contributed by atoms with van der Waals surface area (Å²) in [6.07, 6.45) is 4.18. The van der Waals surface area contributed by atoms with Crippen LogP contribution in [0.5, 0.6) is 0 Å². The predicted octanol–water partition coefficient (Wildman–Crippen LogP) is 5.14. The Balaban J connectivity index is 1.99. The summed E-state index contributed by atoms with van der Waals surface area (Å²) in [5.74, 6) is 0.646. The van der Waals surface area contributed by atoms with Crippen LogP contribution >= 0.6 is 11.6 Å². The monoisotopic (exact) mass is 339 g/mol. The maximum Gasteiger partial charge on any atom is 0.254 e. The summed E-state index contributed by atoms with van der Waals surface area (Å²) < 4.78 is 0. The molecule has 1 fully saturated rings. The SMILES string of the molecule is CC1CCCN(C(=O)/C(=C/c2ccccc2Cl)c2ccccc2)C1. The lowest BCUT2D eigenvalue weighted by molar-refractivity contribution is -0.126. The van der Waals surface area contributed by atoms with Crippen LogP contribution in [-0.4, -0.2) is 23.9 Å². The number of carbonyl (C=O) groups excluding carboxylic acids is 1. The molecule has 2 aromatic rings. The summed E-state index contributed by atoms with van der Waals surface area (Å²) in [4.78, 5) is 15.2. The molecule has 2 aromatic carbocycles. The Morgan fingerprint density at radius 1 is 1.12 bits per heavy atom. The number of carbonyl (C=O) groups is 1. The van der Waals surface area contributed by atoms with Gasteiger partial charge in [0, 0.05) is 23.7 Å². The number of hydrogen-bond acceptors (Lipinski definition) is 1. The first-order valence-electron chi connectivity index (χ1n) is 8.46. The summed E-state index contributed by atoms with van der Waals surface area (Å²) in [7, 11) is 0. The molecule has 0 bridgehead atoms. The molecular formula is C21H22ClNO. The van der Waals surface area contributed by atoms with E-state index < -0.39 is 0 Å². The van der Waals surface area contributed by atoms with Gasteiger partial charge in [0.05, 0.1) is 0 Å². The van der Waals surface area contributed by atoms with Crippen LogP contribution in [0.25, 0.3) is 11.6 Å². The fourth-order valence-corrected chi connectivity index (χ4v) is 3.37. The molecule has 1 aliphatic rings. The van der Waals surface area contributed by atoms with Crippen molar-refractivity contribution in [2.75, 3.05) is 13.1 Å². The second-order valence-corrected chi connectivity index (χ2v) is 6.85. The predicted molar refractivity (Wildman–Crippen MR) is 101 cm³/mol. The van der Waals surface area contributed by atoms with Gasteiger partial charge in [0.25, 0.3) is 5.91 Å². The van der Waals surface area contributed by atoms with Crippen LogP contribution < -0.4 is 0 Å². The van der Waals surface area contributed by atoms with E-state index >= 15 is 0 Å². The van der Waals surface area contributed by atoms with Crippen molar-refractivity contribution in [3.63, 3.8) is 0 Å². The molecule has 1 amide bonds. The lowest BCUT2D eigenvalue weighted by Crippen LogP contribution is -2.39. The van der Waals surface area contributed by atoms with Crippen molar-refractivity contribution in [2.45, 2.75) is 19.8 Å². The number of halogens is 1. The van der Waals surface area contributed by atoms with Crippen molar-refractivity contribution in [1.82, 2.24) is 4.90 Å². The maximum atomic E-state index is 13.2. The van der Waals surface area contributed by atoms with E-state index in [1.807, 2.05) is 65.6 Å². The van der Waals surface area contributed by atoms with E-state index in [9.17, 15) is 4.79 Å². The third kappa shape index (κ3) is 3.88. The van der Waals surface area contributed by atoms with Crippen molar-refractivity contribution < 1.29 is 4.79 Å². The van der Waals surface area contributed by atoms with Crippen LogP contribution in [0.4, 0.5) is 0 Å². The Labute approximate surface area is 148 Å². The number of hydrogen-bond donors (Lipinski definition) is 0. The lowest BCUT2D eigenvalue weighted by Gasteiger charge is -2.31. The highest BCUT2D eigenvalue weighted by Crippen LogP contribution is 2.26. The van der Waals surface area contributed by atoms with Gasteiger partial charge in [-0.05, 0) is 42.0 Å². The zero-order chi connectivity index (χ0) is 16.9. The van der Waals surface area contributed by atoms with Crippen LogP contribution in [0.1, 0.15) is 30.9 Å². The normalized spacial score (nSPS) is 18.5. The molecule has 1 atom stereocenters. The van der Waals surface area contributed by atoms with Crippen molar-refractivity contribution in [1.29, 1.82) is 0 Å². The summed E-state index contributed by atoms with van der Waals surface area (Å²) >= 11 is 6.30. The largest absolute Gasteiger partial charge is 0.338 e. The Morgan fingerprint density at radius 3 is 2.54 bits per heavy atom. The quantitative estimate of drug-likeness (QED) is 0.560. The molecule has 1 unspecified atom stereocenters. The molecular weight excluding hydrogens is 318 g/mol. The van der Waals surface area contributed by atoms with Crippen LogP contribution in [0.3, 0.4) is 0 Å². The summed E-state index contributed by atoms with van der Waals surface area (Å²) in [5.41, 5.74) is 2.51. The molecule has 0 aliphatic carbocycles. The number of amides is 1. The molecule has 0 spiro atoms. The average molecular weight is 340 g/mol. The van der Waals surface area contributed by atoms with E-state index in [4.69, 9.17) is 11.6 Å². The number of nitrogens with zero attached hydrogens (tertiary/aromatic N) is 1. The van der Waals surface area contributed by atoms with Gasteiger partial charge in [-0.3, -0.25) is 4.79 Å². The molecule has 3 rings (SSSR count). The standard InChI is InChI=1S/C21H22ClNO/c1-16-8-7-13-23(15-16)21(24)19(17-9-3-2-4-10-17)14-18-11-5-6-12-20(18)22/h2-6,9-12,14,16H,7-8,13,15H2,1H3/b19-14+. The highest BCUT2D eigenvalue weighted by Gasteiger charge is 2.24. The summed E-state index contributed by atoms with van der Waals surface area (Å²) in [6.45, 7) is 3.86. The van der Waals surface area contributed by atoms with Crippen LogP contribution in [0.2, 0.25) is 5.02 Å². The van der Waals surface area contributed by atoms with E-state index in [-0.39, 0.29) is 5.91 Å². The van der Waals surface area contributed by atoms with Gasteiger partial charge in [0.1, 0.15) is 0 Å². The summed E-state index contributed by atoms with van der Waals surface area (Å²) in [6, 6.07) is 17.5. The maximum absolute atomic E-state index is 13.2. The Hall–Kier alpha value is -2.06. The minimum absolute atomic E-state index is 0.0904. The molecule has 1 aliphatic heterocycles. The van der Waals surface area contributed by atoms with Gasteiger partial charge in [0.15, 0.2) is 0 Å². The summed E-state index contributed by atoms with van der Waals surface area (Å²) in [5, 5.41) is 0.658. The van der Waals surface area contributed by atoms with E-state index in [2.05, 4.69) is 6.92 Å². The van der Waals surface area contributed by atoms with E-state index in [1.54, 1.807) is 0 Å². The average Bonchev–Trinajstić information content (AvgIpc) is 2.61. The number of rotatable bonds is 3. The number of benzene rings is 2. The van der Waals surface area contributed by atoms with E-state index in [0.29, 0.717) is 16.5 Å². The lowest BCUT2D eigenvalue weighted by atomic mass is 9.97. The molecule has 1 saturated heterocycles. The molecule has 3 heteroatoms. The van der Waals surface area contributed by atoms with Crippen molar-refractivity contribution in [3.05, 3.63) is 70.7 Å². The van der Waals surface area contributed by atoms with Gasteiger partial charge in [-0.2, -0.15) is 0 Å². The molecule has 0 N–H and O–H groups in total. The van der Waals surface area contributed by atoms with E-state index in [0.717, 1.165) is 30.6 Å². The molecule has 2 nitrogen and oxygen atoms in total. The first-order chi connectivity index (χ1) is 11.6. The van der Waals surface area contributed by atoms with Gasteiger partial charge >= 0.3 is 0 Å². The Bertz CT molecular complexity index is 739. The van der Waals surface area contributed by atoms with E-state index in [1.165, 1.54) is 6.42 Å². The zero-order valence-corrected chi connectivity index (χ0v) is 14.7.